The van der Waals surface area contributed by atoms with Crippen molar-refractivity contribution >= 4 is 56.9 Å². The van der Waals surface area contributed by atoms with Crippen LogP contribution >= 0.6 is 23.2 Å². The van der Waals surface area contributed by atoms with Crippen molar-refractivity contribution < 1.29 is 4.79 Å². The van der Waals surface area contributed by atoms with E-state index in [2.05, 4.69) is 47.2 Å². The van der Waals surface area contributed by atoms with E-state index in [-0.39, 0.29) is 24.4 Å². The maximum Gasteiger partial charge on any atom is 0.246 e. The number of fused-ring (bicyclic) bond motifs is 3. The van der Waals surface area contributed by atoms with Crippen LogP contribution in [0.3, 0.4) is 0 Å². The molecule has 0 bridgehead atoms. The number of pyridine rings is 1. The highest BCUT2D eigenvalue weighted by molar-refractivity contribution is 6.35. The third kappa shape index (κ3) is 4.80. The van der Waals surface area contributed by atoms with Gasteiger partial charge in [-0.25, -0.2) is 9.97 Å². The largest absolute Gasteiger partial charge is 0.351 e. The van der Waals surface area contributed by atoms with E-state index in [4.69, 9.17) is 33.2 Å². The Labute approximate surface area is 255 Å². The van der Waals surface area contributed by atoms with Gasteiger partial charge in [0, 0.05) is 58.8 Å². The van der Waals surface area contributed by atoms with Crippen LogP contribution in [0.4, 0.5) is 5.82 Å². The van der Waals surface area contributed by atoms with Crippen LogP contribution in [0.5, 0.6) is 0 Å². The van der Waals surface area contributed by atoms with Gasteiger partial charge in [-0.2, -0.15) is 5.26 Å². The third-order valence-electron chi connectivity index (χ3n) is 8.89. The molecule has 2 saturated heterocycles. The van der Waals surface area contributed by atoms with Crippen LogP contribution in [-0.4, -0.2) is 76.1 Å². The van der Waals surface area contributed by atoms with E-state index in [1.54, 1.807) is 4.90 Å². The number of hydrogen-bond donors (Lipinski definition) is 0. The molecule has 8 nitrogen and oxygen atoms in total. The molecule has 0 radical (unpaired) electrons. The second kappa shape index (κ2) is 11.2. The zero-order chi connectivity index (χ0) is 29.7. The topological polar surface area (TPSA) is 81.3 Å². The first-order chi connectivity index (χ1) is 20.2. The van der Waals surface area contributed by atoms with Crippen LogP contribution in [0.25, 0.3) is 33.1 Å². The smallest absolute Gasteiger partial charge is 0.246 e. The molecule has 0 unspecified atom stereocenters. The predicted octanol–water partition coefficient (Wildman–Crippen LogP) is 6.25. The van der Waals surface area contributed by atoms with Gasteiger partial charge in [0.15, 0.2) is 5.82 Å². The van der Waals surface area contributed by atoms with E-state index >= 15 is 0 Å². The molecule has 4 aromatic rings. The van der Waals surface area contributed by atoms with Crippen molar-refractivity contribution in [2.24, 2.45) is 0 Å². The van der Waals surface area contributed by atoms with Crippen molar-refractivity contribution in [2.45, 2.75) is 44.3 Å². The molecular formula is C32H33Cl2N7O. The monoisotopic (exact) mass is 601 g/mol. The van der Waals surface area contributed by atoms with Gasteiger partial charge < -0.3 is 19.3 Å². The Morgan fingerprint density at radius 1 is 1.21 bits per heavy atom. The number of carbonyl (C=O) groups is 1. The predicted molar refractivity (Wildman–Crippen MR) is 169 cm³/mol. The number of nitriles is 1. The van der Waals surface area contributed by atoms with Crippen LogP contribution in [0, 0.1) is 18.3 Å². The molecule has 0 aliphatic carbocycles. The number of hydrogen-bond acceptors (Lipinski definition) is 6. The van der Waals surface area contributed by atoms with Crippen LogP contribution in [0.1, 0.15) is 30.9 Å². The minimum Gasteiger partial charge on any atom is -0.351 e. The van der Waals surface area contributed by atoms with Gasteiger partial charge >= 0.3 is 0 Å². The normalized spacial score (nSPS) is 19.4. The molecule has 0 N–H and O–H groups in total. The Morgan fingerprint density at radius 2 is 2.00 bits per heavy atom. The van der Waals surface area contributed by atoms with E-state index in [1.165, 1.54) is 6.08 Å². The number of halogens is 2. The fourth-order valence-electron chi connectivity index (χ4n) is 6.35. The average Bonchev–Trinajstić information content (AvgIpc) is 3.39. The van der Waals surface area contributed by atoms with Gasteiger partial charge in [0.25, 0.3) is 0 Å². The van der Waals surface area contributed by atoms with Gasteiger partial charge in [0.2, 0.25) is 5.91 Å². The Bertz CT molecular complexity index is 1750. The Kier molecular flexibility index (Phi) is 7.61. The number of aromatic nitrogens is 3. The van der Waals surface area contributed by atoms with Crippen LogP contribution < -0.4 is 4.90 Å². The number of imidazole rings is 1. The standard InChI is InChI=1S/C32H33Cl2N7O/c1-5-29(42)40-12-10-21(13-20(40)9-11-35)41-18-36-30-31(41)25-14-27(34)24(23-7-6-8-26(33)19(23)2)15-28(25)37-32(30)39-16-22(17-39)38(3)4/h5-8,14-15,18,20-22H,1,9-10,12-13,16-17H2,2-4H3/t20-,21+/m1/s1. The summed E-state index contributed by atoms with van der Waals surface area (Å²) in [5.41, 5.74) is 5.47. The fraction of sp³-hybridized carbons (Fsp3) is 0.375. The molecule has 2 aromatic heterocycles. The van der Waals surface area contributed by atoms with Crippen molar-refractivity contribution in [1.82, 2.24) is 24.3 Å². The molecule has 4 heterocycles. The van der Waals surface area contributed by atoms with Crippen molar-refractivity contribution in [2.75, 3.05) is 38.6 Å². The first-order valence-corrected chi connectivity index (χ1v) is 14.9. The molecule has 42 heavy (non-hydrogen) atoms. The van der Waals surface area contributed by atoms with E-state index in [1.807, 2.05) is 37.5 Å². The summed E-state index contributed by atoms with van der Waals surface area (Å²) in [5.74, 6) is 0.725. The molecule has 2 aliphatic heterocycles. The molecule has 2 aliphatic rings. The molecule has 2 aromatic carbocycles. The number of benzene rings is 2. The molecule has 10 heteroatoms. The lowest BCUT2D eigenvalue weighted by atomic mass is 9.94. The summed E-state index contributed by atoms with van der Waals surface area (Å²) in [4.78, 5) is 28.9. The van der Waals surface area contributed by atoms with Crippen molar-refractivity contribution in [3.63, 3.8) is 0 Å². The van der Waals surface area contributed by atoms with Crippen molar-refractivity contribution in [1.29, 1.82) is 5.26 Å². The lowest BCUT2D eigenvalue weighted by Gasteiger charge is -2.43. The van der Waals surface area contributed by atoms with Gasteiger partial charge in [-0.3, -0.25) is 4.79 Å². The molecule has 6 rings (SSSR count). The number of likely N-dealkylation sites (N-methyl/N-ethyl adjacent to an activating group) is 1. The lowest BCUT2D eigenvalue weighted by molar-refractivity contribution is -0.130. The van der Waals surface area contributed by atoms with Gasteiger partial charge in [-0.05, 0) is 69.3 Å². The molecule has 0 spiro atoms. The molecule has 216 valence electrons. The summed E-state index contributed by atoms with van der Waals surface area (Å²) in [7, 11) is 4.20. The summed E-state index contributed by atoms with van der Waals surface area (Å²) >= 11 is 13.5. The van der Waals surface area contributed by atoms with Gasteiger partial charge in [-0.15, -0.1) is 0 Å². The molecule has 2 atom stereocenters. The molecule has 0 saturated carbocycles. The molecular weight excluding hydrogens is 569 g/mol. The number of piperidine rings is 1. The summed E-state index contributed by atoms with van der Waals surface area (Å²) in [6.07, 6.45) is 4.88. The van der Waals surface area contributed by atoms with Crippen molar-refractivity contribution in [3.05, 3.63) is 64.9 Å². The lowest BCUT2D eigenvalue weighted by Crippen LogP contribution is -2.57. The minimum atomic E-state index is -0.193. The van der Waals surface area contributed by atoms with Crippen molar-refractivity contribution in [3.8, 4) is 17.2 Å². The number of carbonyl (C=O) groups excluding carboxylic acids is 1. The highest BCUT2D eigenvalue weighted by Crippen LogP contribution is 2.42. The van der Waals surface area contributed by atoms with E-state index in [9.17, 15) is 10.1 Å². The molecule has 2 fully saturated rings. The summed E-state index contributed by atoms with van der Waals surface area (Å²) in [5, 5.41) is 11.8. The summed E-state index contributed by atoms with van der Waals surface area (Å²) in [6, 6.07) is 12.5. The Morgan fingerprint density at radius 3 is 2.71 bits per heavy atom. The average molecular weight is 603 g/mol. The summed E-state index contributed by atoms with van der Waals surface area (Å²) < 4.78 is 2.22. The van der Waals surface area contributed by atoms with E-state index in [0.717, 1.165) is 64.0 Å². The number of rotatable bonds is 6. The SMILES string of the molecule is C=CC(=O)N1CC[C@H](n2cnc3c(N4CC(N(C)C)C4)nc4cc(-c5cccc(Cl)c5C)c(Cl)cc4c32)C[C@H]1CC#N. The van der Waals surface area contributed by atoms with Crippen LogP contribution in [-0.2, 0) is 4.79 Å². The third-order valence-corrected chi connectivity index (χ3v) is 9.61. The van der Waals surface area contributed by atoms with Gasteiger partial charge in [-0.1, -0.05) is 41.9 Å². The summed E-state index contributed by atoms with van der Waals surface area (Å²) in [6.45, 7) is 7.94. The first-order valence-electron chi connectivity index (χ1n) is 14.2. The highest BCUT2D eigenvalue weighted by Gasteiger charge is 2.35. The second-order valence-corrected chi connectivity index (χ2v) is 12.3. The quantitative estimate of drug-likeness (QED) is 0.243. The number of anilines is 1. The van der Waals surface area contributed by atoms with Crippen LogP contribution in [0.15, 0.2) is 49.3 Å². The first kappa shape index (κ1) is 28.5. The molecule has 1 amide bonds. The van der Waals surface area contributed by atoms with Gasteiger partial charge in [0.05, 0.1) is 29.9 Å². The van der Waals surface area contributed by atoms with Gasteiger partial charge in [0.1, 0.15) is 5.52 Å². The zero-order valence-corrected chi connectivity index (χ0v) is 25.5. The van der Waals surface area contributed by atoms with E-state index in [0.29, 0.717) is 29.1 Å². The maximum absolute atomic E-state index is 12.5. The number of likely N-dealkylation sites (tertiary alicyclic amines) is 1. The number of amides is 1. The highest BCUT2D eigenvalue weighted by atomic mass is 35.5. The Hall–Kier alpha value is -3.64. The maximum atomic E-state index is 12.5. The fourth-order valence-corrected chi connectivity index (χ4v) is 6.79. The number of nitrogens with zero attached hydrogens (tertiary/aromatic N) is 7. The second-order valence-electron chi connectivity index (χ2n) is 11.5. The minimum absolute atomic E-state index is 0.0557. The zero-order valence-electron chi connectivity index (χ0n) is 24.0. The van der Waals surface area contributed by atoms with Crippen LogP contribution in [0.2, 0.25) is 10.0 Å². The van der Waals surface area contributed by atoms with E-state index < -0.39 is 0 Å². The Balaban J connectivity index is 1.51.